The van der Waals surface area contributed by atoms with Gasteiger partial charge in [0.05, 0.1) is 5.52 Å². The van der Waals surface area contributed by atoms with Gasteiger partial charge in [-0.3, -0.25) is 4.98 Å². The highest BCUT2D eigenvalue weighted by Gasteiger charge is 2.03. The number of hydrogen-bond donors (Lipinski definition) is 1. The van der Waals surface area contributed by atoms with Gasteiger partial charge in [0.1, 0.15) is 5.75 Å². The lowest BCUT2D eigenvalue weighted by Crippen LogP contribution is -2.10. The first-order valence-corrected chi connectivity index (χ1v) is 5.58. The molecule has 0 saturated heterocycles. The summed E-state index contributed by atoms with van der Waals surface area (Å²) in [7, 11) is 1.72. The molecule has 4 heteroatoms. The SMILES string of the molecule is CNOc1ccc2cc(CCl)c(C)nc2c1. The Labute approximate surface area is 99.3 Å². The second kappa shape index (κ2) is 4.68. The lowest BCUT2D eigenvalue weighted by atomic mass is 10.1. The number of hydrogen-bond acceptors (Lipinski definition) is 3. The topological polar surface area (TPSA) is 34.1 Å². The number of hydroxylamine groups is 1. The average molecular weight is 237 g/mol. The molecule has 0 spiro atoms. The first kappa shape index (κ1) is 11.2. The van der Waals surface area contributed by atoms with E-state index in [9.17, 15) is 0 Å². The van der Waals surface area contributed by atoms with Crippen LogP contribution < -0.4 is 10.3 Å². The summed E-state index contributed by atoms with van der Waals surface area (Å²) in [6.45, 7) is 1.96. The smallest absolute Gasteiger partial charge is 0.149 e. The quantitative estimate of drug-likeness (QED) is 0.657. The number of fused-ring (bicyclic) bond motifs is 1. The summed E-state index contributed by atoms with van der Waals surface area (Å²) in [5, 5.41) is 1.07. The fraction of sp³-hybridized carbons (Fsp3) is 0.250. The summed E-state index contributed by atoms with van der Waals surface area (Å²) in [6.07, 6.45) is 0. The van der Waals surface area contributed by atoms with Crippen LogP contribution in [0.2, 0.25) is 0 Å². The van der Waals surface area contributed by atoms with Crippen molar-refractivity contribution in [2.75, 3.05) is 7.05 Å². The molecule has 0 unspecified atom stereocenters. The second-order valence-electron chi connectivity index (χ2n) is 3.53. The van der Waals surface area contributed by atoms with Crippen molar-refractivity contribution in [1.29, 1.82) is 0 Å². The zero-order chi connectivity index (χ0) is 11.5. The minimum atomic E-state index is 0.490. The molecular weight excluding hydrogens is 224 g/mol. The molecule has 1 heterocycles. The molecule has 1 aromatic heterocycles. The second-order valence-corrected chi connectivity index (χ2v) is 3.79. The maximum Gasteiger partial charge on any atom is 0.149 e. The Kier molecular flexibility index (Phi) is 3.27. The van der Waals surface area contributed by atoms with Gasteiger partial charge in [-0.1, -0.05) is 0 Å². The van der Waals surface area contributed by atoms with Gasteiger partial charge in [-0.15, -0.1) is 11.6 Å². The largest absolute Gasteiger partial charge is 0.409 e. The Morgan fingerprint density at radius 3 is 2.88 bits per heavy atom. The van der Waals surface area contributed by atoms with Crippen molar-refractivity contribution in [3.63, 3.8) is 0 Å². The summed E-state index contributed by atoms with van der Waals surface area (Å²) >= 11 is 5.84. The summed E-state index contributed by atoms with van der Waals surface area (Å²) in [5.74, 6) is 1.24. The number of pyridine rings is 1. The number of rotatable bonds is 3. The van der Waals surface area contributed by atoms with Crippen molar-refractivity contribution in [3.05, 3.63) is 35.5 Å². The lowest BCUT2D eigenvalue weighted by molar-refractivity contribution is 0.224. The molecule has 0 bridgehead atoms. The lowest BCUT2D eigenvalue weighted by Gasteiger charge is -2.07. The molecule has 2 rings (SSSR count). The molecular formula is C12H13ClN2O. The van der Waals surface area contributed by atoms with Crippen molar-refractivity contribution in [2.24, 2.45) is 0 Å². The molecule has 1 aromatic carbocycles. The van der Waals surface area contributed by atoms with Gasteiger partial charge < -0.3 is 4.84 Å². The van der Waals surface area contributed by atoms with Crippen molar-refractivity contribution in [2.45, 2.75) is 12.8 Å². The molecule has 0 aliphatic rings. The maximum atomic E-state index is 5.84. The molecule has 0 radical (unpaired) electrons. The summed E-state index contributed by atoms with van der Waals surface area (Å²) < 4.78 is 0. The third-order valence-corrected chi connectivity index (χ3v) is 2.74. The van der Waals surface area contributed by atoms with Crippen LogP contribution in [-0.2, 0) is 5.88 Å². The fourth-order valence-electron chi connectivity index (χ4n) is 1.60. The Bertz CT molecular complexity index is 514. The van der Waals surface area contributed by atoms with Crippen molar-refractivity contribution >= 4 is 22.5 Å². The molecule has 84 valence electrons. The number of nitrogens with one attached hydrogen (secondary N) is 1. The number of benzene rings is 1. The number of aryl methyl sites for hydroxylation is 1. The van der Waals surface area contributed by atoms with Crippen molar-refractivity contribution < 1.29 is 4.84 Å². The highest BCUT2D eigenvalue weighted by Crippen LogP contribution is 2.22. The van der Waals surface area contributed by atoms with E-state index in [0.29, 0.717) is 5.88 Å². The zero-order valence-electron chi connectivity index (χ0n) is 9.25. The van der Waals surface area contributed by atoms with E-state index in [-0.39, 0.29) is 0 Å². The van der Waals surface area contributed by atoms with E-state index in [1.807, 2.05) is 25.1 Å². The Hall–Kier alpha value is -1.32. The van der Waals surface area contributed by atoms with Crippen LogP contribution in [0.4, 0.5) is 0 Å². The molecule has 16 heavy (non-hydrogen) atoms. The van der Waals surface area contributed by atoms with Crippen LogP contribution in [0.5, 0.6) is 5.75 Å². The van der Waals surface area contributed by atoms with Gasteiger partial charge in [-0.25, -0.2) is 0 Å². The maximum absolute atomic E-state index is 5.84. The van der Waals surface area contributed by atoms with E-state index in [2.05, 4.69) is 16.5 Å². The van der Waals surface area contributed by atoms with Gasteiger partial charge in [-0.05, 0) is 30.7 Å². The number of alkyl halides is 1. The van der Waals surface area contributed by atoms with Crippen LogP contribution in [0.25, 0.3) is 10.9 Å². The van der Waals surface area contributed by atoms with Crippen LogP contribution >= 0.6 is 11.6 Å². The first-order valence-electron chi connectivity index (χ1n) is 5.04. The predicted octanol–water partition coefficient (Wildman–Crippen LogP) is 2.80. The van der Waals surface area contributed by atoms with Gasteiger partial charge in [0.25, 0.3) is 0 Å². The molecule has 3 nitrogen and oxygen atoms in total. The Morgan fingerprint density at radius 1 is 1.38 bits per heavy atom. The molecule has 0 aliphatic heterocycles. The van der Waals surface area contributed by atoms with Crippen molar-refractivity contribution in [1.82, 2.24) is 10.5 Å². The van der Waals surface area contributed by atoms with Crippen LogP contribution in [0, 0.1) is 6.92 Å². The average Bonchev–Trinajstić information content (AvgIpc) is 2.28. The van der Waals surface area contributed by atoms with Gasteiger partial charge in [0, 0.05) is 30.1 Å². The van der Waals surface area contributed by atoms with Gasteiger partial charge >= 0.3 is 0 Å². The summed E-state index contributed by atoms with van der Waals surface area (Å²) in [5.41, 5.74) is 5.58. The van der Waals surface area contributed by atoms with E-state index < -0.39 is 0 Å². The predicted molar refractivity (Wildman–Crippen MR) is 65.7 cm³/mol. The van der Waals surface area contributed by atoms with Crippen LogP contribution in [0.15, 0.2) is 24.3 Å². The number of nitrogens with zero attached hydrogens (tertiary/aromatic N) is 1. The first-order chi connectivity index (χ1) is 7.74. The molecule has 0 aliphatic carbocycles. The normalized spacial score (nSPS) is 10.7. The third-order valence-electron chi connectivity index (χ3n) is 2.45. The fourth-order valence-corrected chi connectivity index (χ4v) is 1.87. The standard InChI is InChI=1S/C12H13ClN2O/c1-8-10(7-13)5-9-3-4-11(16-14-2)6-12(9)15-8/h3-6,14H,7H2,1-2H3. The highest BCUT2D eigenvalue weighted by atomic mass is 35.5. The van der Waals surface area contributed by atoms with E-state index in [1.165, 1.54) is 0 Å². The van der Waals surface area contributed by atoms with E-state index in [4.69, 9.17) is 16.4 Å². The van der Waals surface area contributed by atoms with Gasteiger partial charge in [0.15, 0.2) is 0 Å². The molecule has 0 fully saturated rings. The van der Waals surface area contributed by atoms with E-state index >= 15 is 0 Å². The summed E-state index contributed by atoms with van der Waals surface area (Å²) in [4.78, 5) is 9.69. The highest BCUT2D eigenvalue weighted by molar-refractivity contribution is 6.17. The zero-order valence-corrected chi connectivity index (χ0v) is 10.0. The van der Waals surface area contributed by atoms with E-state index in [1.54, 1.807) is 7.05 Å². The molecule has 1 N–H and O–H groups in total. The van der Waals surface area contributed by atoms with E-state index in [0.717, 1.165) is 27.9 Å². The number of aromatic nitrogens is 1. The molecule has 2 aromatic rings. The third kappa shape index (κ3) is 2.10. The van der Waals surface area contributed by atoms with Crippen LogP contribution in [0.3, 0.4) is 0 Å². The summed E-state index contributed by atoms with van der Waals surface area (Å²) in [6, 6.07) is 7.84. The minimum Gasteiger partial charge on any atom is -0.409 e. The van der Waals surface area contributed by atoms with Gasteiger partial charge in [0.2, 0.25) is 0 Å². The van der Waals surface area contributed by atoms with Crippen LogP contribution in [0.1, 0.15) is 11.3 Å². The molecule has 0 amide bonds. The van der Waals surface area contributed by atoms with Gasteiger partial charge in [-0.2, -0.15) is 5.48 Å². The Morgan fingerprint density at radius 2 is 2.19 bits per heavy atom. The number of halogens is 1. The molecule has 0 saturated carbocycles. The van der Waals surface area contributed by atoms with Crippen molar-refractivity contribution in [3.8, 4) is 5.75 Å². The Balaban J connectivity index is 2.53. The molecule has 0 atom stereocenters. The van der Waals surface area contributed by atoms with Crippen LogP contribution in [-0.4, -0.2) is 12.0 Å². The minimum absolute atomic E-state index is 0.490. The monoisotopic (exact) mass is 236 g/mol.